The zero-order chi connectivity index (χ0) is 18.7. The van der Waals surface area contributed by atoms with Crippen molar-refractivity contribution < 1.29 is 14.3 Å². The van der Waals surface area contributed by atoms with Gasteiger partial charge in [0.25, 0.3) is 5.91 Å². The molecular formula is C19H23N5O3. The molecule has 2 saturated heterocycles. The van der Waals surface area contributed by atoms with Crippen molar-refractivity contribution in [2.75, 3.05) is 38.3 Å². The molecule has 2 aromatic rings. The van der Waals surface area contributed by atoms with Gasteiger partial charge in [0.05, 0.1) is 26.8 Å². The van der Waals surface area contributed by atoms with Gasteiger partial charge in [0, 0.05) is 30.6 Å². The molecule has 0 unspecified atom stereocenters. The van der Waals surface area contributed by atoms with Crippen LogP contribution in [0.2, 0.25) is 0 Å². The minimum atomic E-state index is -0.0935. The maximum atomic E-state index is 12.1. The van der Waals surface area contributed by atoms with Crippen molar-refractivity contribution in [1.29, 1.82) is 0 Å². The normalized spacial score (nSPS) is 20.8. The van der Waals surface area contributed by atoms with E-state index >= 15 is 0 Å². The van der Waals surface area contributed by atoms with Crippen LogP contribution in [-0.4, -0.2) is 59.8 Å². The summed E-state index contributed by atoms with van der Waals surface area (Å²) < 4.78 is 11.3. The van der Waals surface area contributed by atoms with Crippen LogP contribution in [0, 0.1) is 5.92 Å². The lowest BCUT2D eigenvalue weighted by atomic mass is 9.83. The summed E-state index contributed by atoms with van der Waals surface area (Å²) in [6.07, 6.45) is 6.79. The van der Waals surface area contributed by atoms with Gasteiger partial charge in [-0.3, -0.25) is 9.78 Å². The lowest BCUT2D eigenvalue weighted by molar-refractivity contribution is -0.115. The predicted octanol–water partition coefficient (Wildman–Crippen LogP) is 1.30. The van der Waals surface area contributed by atoms with Gasteiger partial charge in [-0.05, 0) is 30.9 Å². The lowest BCUT2D eigenvalue weighted by Crippen LogP contribution is -2.65. The Kier molecular flexibility index (Phi) is 4.89. The van der Waals surface area contributed by atoms with Crippen LogP contribution >= 0.6 is 0 Å². The Balaban J connectivity index is 1.23. The van der Waals surface area contributed by atoms with Crippen LogP contribution in [0.3, 0.4) is 0 Å². The second-order valence-corrected chi connectivity index (χ2v) is 7.12. The second kappa shape index (κ2) is 7.48. The molecule has 0 bridgehead atoms. The van der Waals surface area contributed by atoms with E-state index in [0.717, 1.165) is 31.7 Å². The molecule has 0 aromatic carbocycles. The van der Waals surface area contributed by atoms with E-state index in [2.05, 4.69) is 25.2 Å². The van der Waals surface area contributed by atoms with Gasteiger partial charge < -0.3 is 19.7 Å². The van der Waals surface area contributed by atoms with Crippen molar-refractivity contribution in [1.82, 2.24) is 20.3 Å². The third kappa shape index (κ3) is 3.85. The van der Waals surface area contributed by atoms with E-state index in [-0.39, 0.29) is 11.5 Å². The van der Waals surface area contributed by atoms with E-state index in [1.54, 1.807) is 31.6 Å². The number of anilines is 1. The summed E-state index contributed by atoms with van der Waals surface area (Å²) in [5.74, 6) is 1.71. The third-order valence-electron chi connectivity index (χ3n) is 5.25. The number of aromatic nitrogens is 3. The van der Waals surface area contributed by atoms with Crippen molar-refractivity contribution >= 4 is 11.7 Å². The van der Waals surface area contributed by atoms with Crippen LogP contribution in [0.1, 0.15) is 23.2 Å². The molecule has 0 saturated carbocycles. The molecule has 4 heterocycles. The fraction of sp³-hybridized carbons (Fsp3) is 0.474. The van der Waals surface area contributed by atoms with E-state index in [1.807, 2.05) is 6.07 Å². The molecule has 1 N–H and O–H groups in total. The number of ether oxygens (including phenoxy) is 2. The number of hydrogen-bond donors (Lipinski definition) is 1. The fourth-order valence-corrected chi connectivity index (χ4v) is 3.60. The molecule has 8 nitrogen and oxygen atoms in total. The number of nitrogens with one attached hydrogen (secondary N) is 1. The Hall–Kier alpha value is -2.74. The van der Waals surface area contributed by atoms with Crippen LogP contribution in [0.5, 0.6) is 5.88 Å². The average molecular weight is 369 g/mol. The SMILES string of the molecule is COc1cc(N2CC3(CC[C@H](CNC(=O)c4ccncc4)CO3)C2)ncn1. The number of nitrogens with zero attached hydrogens (tertiary/aromatic N) is 4. The highest BCUT2D eigenvalue weighted by molar-refractivity contribution is 5.93. The average Bonchev–Trinajstić information content (AvgIpc) is 2.71. The number of amides is 1. The minimum absolute atomic E-state index is 0.0646. The maximum absolute atomic E-state index is 12.1. The topological polar surface area (TPSA) is 89.5 Å². The molecule has 2 aliphatic heterocycles. The van der Waals surface area contributed by atoms with Gasteiger partial charge in [0.2, 0.25) is 5.88 Å². The highest BCUT2D eigenvalue weighted by atomic mass is 16.5. The Morgan fingerprint density at radius 2 is 2.19 bits per heavy atom. The van der Waals surface area contributed by atoms with Crippen molar-refractivity contribution in [3.05, 3.63) is 42.5 Å². The summed E-state index contributed by atoms with van der Waals surface area (Å²) in [5.41, 5.74) is 0.539. The van der Waals surface area contributed by atoms with Crippen molar-refractivity contribution in [2.45, 2.75) is 18.4 Å². The van der Waals surface area contributed by atoms with E-state index < -0.39 is 0 Å². The summed E-state index contributed by atoms with van der Waals surface area (Å²) in [4.78, 5) is 26.6. The van der Waals surface area contributed by atoms with Crippen LogP contribution in [0.15, 0.2) is 36.9 Å². The van der Waals surface area contributed by atoms with Crippen molar-refractivity contribution in [2.24, 2.45) is 5.92 Å². The first-order chi connectivity index (χ1) is 13.2. The van der Waals surface area contributed by atoms with Gasteiger partial charge in [0.15, 0.2) is 0 Å². The number of pyridine rings is 1. The summed E-state index contributed by atoms with van der Waals surface area (Å²) in [7, 11) is 1.60. The summed E-state index contributed by atoms with van der Waals surface area (Å²) >= 11 is 0. The molecule has 1 atom stereocenters. The number of carbonyl (C=O) groups excluding carboxylic acids is 1. The van der Waals surface area contributed by atoms with Crippen LogP contribution < -0.4 is 15.0 Å². The summed E-state index contributed by atoms with van der Waals surface area (Å²) in [5, 5.41) is 2.99. The van der Waals surface area contributed by atoms with Crippen LogP contribution in [-0.2, 0) is 4.74 Å². The molecule has 2 fully saturated rings. The van der Waals surface area contributed by atoms with Gasteiger partial charge in [-0.15, -0.1) is 0 Å². The number of carbonyl (C=O) groups is 1. The molecule has 27 heavy (non-hydrogen) atoms. The predicted molar refractivity (Wildman–Crippen MR) is 98.8 cm³/mol. The van der Waals surface area contributed by atoms with Gasteiger partial charge >= 0.3 is 0 Å². The highest BCUT2D eigenvalue weighted by Gasteiger charge is 2.47. The Morgan fingerprint density at radius 3 is 2.89 bits per heavy atom. The molecule has 2 aliphatic rings. The lowest BCUT2D eigenvalue weighted by Gasteiger charge is -2.53. The first kappa shape index (κ1) is 17.7. The zero-order valence-electron chi connectivity index (χ0n) is 15.3. The van der Waals surface area contributed by atoms with Crippen LogP contribution in [0.25, 0.3) is 0 Å². The standard InChI is InChI=1S/C19H23N5O3/c1-26-17-8-16(22-13-23-17)24-11-19(12-24)5-2-14(10-27-19)9-21-18(25)15-3-6-20-7-4-15/h3-4,6-8,13-14H,2,5,9-12H2,1H3,(H,21,25)/t14-/m1/s1. The smallest absolute Gasteiger partial charge is 0.251 e. The van der Waals surface area contributed by atoms with E-state index in [9.17, 15) is 4.79 Å². The van der Waals surface area contributed by atoms with Gasteiger partial charge in [0.1, 0.15) is 17.7 Å². The zero-order valence-corrected chi connectivity index (χ0v) is 15.3. The van der Waals surface area contributed by atoms with Crippen LogP contribution in [0.4, 0.5) is 5.82 Å². The van der Waals surface area contributed by atoms with E-state index in [4.69, 9.17) is 9.47 Å². The number of methoxy groups -OCH3 is 1. The van der Waals surface area contributed by atoms with Gasteiger partial charge in [-0.2, -0.15) is 0 Å². The highest BCUT2D eigenvalue weighted by Crippen LogP contribution is 2.38. The van der Waals surface area contributed by atoms with Crippen molar-refractivity contribution in [3.63, 3.8) is 0 Å². The van der Waals surface area contributed by atoms with Gasteiger partial charge in [-0.25, -0.2) is 9.97 Å². The Morgan fingerprint density at radius 1 is 1.37 bits per heavy atom. The molecule has 2 aromatic heterocycles. The maximum Gasteiger partial charge on any atom is 0.251 e. The molecule has 4 rings (SSSR count). The third-order valence-corrected chi connectivity index (χ3v) is 5.25. The second-order valence-electron chi connectivity index (χ2n) is 7.12. The number of rotatable bonds is 5. The molecule has 1 amide bonds. The molecule has 0 aliphatic carbocycles. The van der Waals surface area contributed by atoms with E-state index in [1.165, 1.54) is 6.33 Å². The molecule has 1 spiro atoms. The fourth-order valence-electron chi connectivity index (χ4n) is 3.60. The number of hydrogen-bond acceptors (Lipinski definition) is 7. The first-order valence-electron chi connectivity index (χ1n) is 9.11. The molecule has 8 heteroatoms. The quantitative estimate of drug-likeness (QED) is 0.849. The largest absolute Gasteiger partial charge is 0.481 e. The monoisotopic (exact) mass is 369 g/mol. The summed E-state index contributed by atoms with van der Waals surface area (Å²) in [6.45, 7) is 2.94. The molecule has 0 radical (unpaired) electrons. The van der Waals surface area contributed by atoms with E-state index in [0.29, 0.717) is 30.5 Å². The molecular weight excluding hydrogens is 346 g/mol. The molecule has 142 valence electrons. The first-order valence-corrected chi connectivity index (χ1v) is 9.11. The summed E-state index contributed by atoms with van der Waals surface area (Å²) in [6, 6.07) is 5.27. The van der Waals surface area contributed by atoms with Gasteiger partial charge in [-0.1, -0.05) is 0 Å². The Labute approximate surface area is 157 Å². The minimum Gasteiger partial charge on any atom is -0.481 e. The van der Waals surface area contributed by atoms with Crippen molar-refractivity contribution in [3.8, 4) is 5.88 Å². The Bertz CT molecular complexity index is 785.